The fourth-order valence-corrected chi connectivity index (χ4v) is 1.52. The van der Waals surface area contributed by atoms with Crippen LogP contribution in [0.2, 0.25) is 0 Å². The molecule has 0 bridgehead atoms. The van der Waals surface area contributed by atoms with Gasteiger partial charge in [-0.1, -0.05) is 13.8 Å². The summed E-state index contributed by atoms with van der Waals surface area (Å²) in [4.78, 5) is 33.7. The molecule has 0 saturated heterocycles. The maximum atomic E-state index is 12.4. The quantitative estimate of drug-likeness (QED) is 0.752. The van der Waals surface area contributed by atoms with E-state index in [9.17, 15) is 27.6 Å². The molecule has 0 aromatic carbocycles. The van der Waals surface area contributed by atoms with Gasteiger partial charge in [-0.3, -0.25) is 14.4 Å². The average molecular weight is 298 g/mol. The zero-order valence-electron chi connectivity index (χ0n) is 11.3. The lowest BCUT2D eigenvalue weighted by Gasteiger charge is -2.29. The van der Waals surface area contributed by atoms with Crippen molar-refractivity contribution in [3.8, 4) is 0 Å². The van der Waals surface area contributed by atoms with E-state index in [2.05, 4.69) is 5.32 Å². The van der Waals surface area contributed by atoms with Crippen LogP contribution in [0.3, 0.4) is 0 Å². The van der Waals surface area contributed by atoms with Gasteiger partial charge in [0.05, 0.1) is 0 Å². The molecule has 1 unspecified atom stereocenters. The van der Waals surface area contributed by atoms with Crippen molar-refractivity contribution in [3.05, 3.63) is 0 Å². The summed E-state index contributed by atoms with van der Waals surface area (Å²) in [6.07, 6.45) is -4.72. The van der Waals surface area contributed by atoms with Crippen LogP contribution in [-0.2, 0) is 14.4 Å². The summed E-state index contributed by atoms with van der Waals surface area (Å²) in [7, 11) is 0. The molecule has 0 aromatic heterocycles. The number of carboxylic acids is 1. The SMILES string of the molecule is CC(=O)NC(C(=O)N(CC(=O)O)CC(F)(F)F)C(C)C. The Morgan fingerprint density at radius 2 is 1.75 bits per heavy atom. The van der Waals surface area contributed by atoms with Crippen molar-refractivity contribution >= 4 is 17.8 Å². The number of alkyl halides is 3. The molecule has 0 aliphatic carbocycles. The zero-order valence-corrected chi connectivity index (χ0v) is 11.3. The second kappa shape index (κ2) is 7.11. The van der Waals surface area contributed by atoms with Crippen LogP contribution in [0.5, 0.6) is 0 Å². The Morgan fingerprint density at radius 1 is 1.25 bits per heavy atom. The minimum absolute atomic E-state index is 0.170. The smallest absolute Gasteiger partial charge is 0.406 e. The lowest BCUT2D eigenvalue weighted by molar-refractivity contribution is -0.167. The largest absolute Gasteiger partial charge is 0.480 e. The van der Waals surface area contributed by atoms with Gasteiger partial charge in [-0.15, -0.1) is 0 Å². The second-order valence-corrected chi connectivity index (χ2v) is 4.63. The van der Waals surface area contributed by atoms with E-state index in [4.69, 9.17) is 5.11 Å². The molecule has 116 valence electrons. The fraction of sp³-hybridized carbons (Fsp3) is 0.727. The molecular formula is C11H17F3N2O4. The molecule has 6 nitrogen and oxygen atoms in total. The highest BCUT2D eigenvalue weighted by Crippen LogP contribution is 2.18. The number of carboxylic acid groups (broad SMARTS) is 1. The molecular weight excluding hydrogens is 281 g/mol. The Hall–Kier alpha value is -1.80. The molecule has 2 amide bonds. The van der Waals surface area contributed by atoms with Crippen molar-refractivity contribution in [2.75, 3.05) is 13.1 Å². The van der Waals surface area contributed by atoms with E-state index in [-0.39, 0.29) is 4.90 Å². The molecule has 2 N–H and O–H groups in total. The first-order chi connectivity index (χ1) is 8.94. The molecule has 0 aliphatic heterocycles. The molecule has 1 atom stereocenters. The molecule has 0 heterocycles. The summed E-state index contributed by atoms with van der Waals surface area (Å²) >= 11 is 0. The van der Waals surface area contributed by atoms with Crippen molar-refractivity contribution in [1.29, 1.82) is 0 Å². The maximum Gasteiger partial charge on any atom is 0.406 e. The van der Waals surface area contributed by atoms with Crippen LogP contribution < -0.4 is 5.32 Å². The van der Waals surface area contributed by atoms with E-state index in [0.717, 1.165) is 6.92 Å². The zero-order chi connectivity index (χ0) is 16.1. The highest BCUT2D eigenvalue weighted by Gasteiger charge is 2.37. The highest BCUT2D eigenvalue weighted by molar-refractivity contribution is 5.89. The van der Waals surface area contributed by atoms with Crippen LogP contribution in [0.4, 0.5) is 13.2 Å². The molecule has 9 heteroatoms. The molecule has 0 rings (SSSR count). The number of aliphatic carboxylic acids is 1. The Labute approximate surface area is 113 Å². The minimum atomic E-state index is -4.72. The monoisotopic (exact) mass is 298 g/mol. The molecule has 0 aromatic rings. The van der Waals surface area contributed by atoms with Crippen LogP contribution in [0, 0.1) is 5.92 Å². The summed E-state index contributed by atoms with van der Waals surface area (Å²) in [5.41, 5.74) is 0. The van der Waals surface area contributed by atoms with E-state index in [0.29, 0.717) is 0 Å². The van der Waals surface area contributed by atoms with E-state index in [1.54, 1.807) is 0 Å². The number of hydrogen-bond acceptors (Lipinski definition) is 3. The molecule has 0 radical (unpaired) electrons. The van der Waals surface area contributed by atoms with Gasteiger partial charge in [-0.2, -0.15) is 13.2 Å². The lowest BCUT2D eigenvalue weighted by Crippen LogP contribution is -2.53. The van der Waals surface area contributed by atoms with Crippen LogP contribution in [-0.4, -0.2) is 53.1 Å². The van der Waals surface area contributed by atoms with Crippen molar-refractivity contribution in [2.45, 2.75) is 33.0 Å². The van der Waals surface area contributed by atoms with Crippen molar-refractivity contribution in [1.82, 2.24) is 10.2 Å². The van der Waals surface area contributed by atoms with E-state index in [1.165, 1.54) is 13.8 Å². The Bertz CT molecular complexity index is 382. The van der Waals surface area contributed by atoms with Crippen LogP contribution in [0.1, 0.15) is 20.8 Å². The van der Waals surface area contributed by atoms with E-state index >= 15 is 0 Å². The summed E-state index contributed by atoms with van der Waals surface area (Å²) in [6, 6.07) is -1.20. The van der Waals surface area contributed by atoms with Gasteiger partial charge >= 0.3 is 12.1 Å². The van der Waals surface area contributed by atoms with Gasteiger partial charge in [0.25, 0.3) is 0 Å². The number of nitrogens with zero attached hydrogens (tertiary/aromatic N) is 1. The van der Waals surface area contributed by atoms with Gasteiger partial charge in [-0.05, 0) is 5.92 Å². The summed E-state index contributed by atoms with van der Waals surface area (Å²) in [6.45, 7) is 1.42. The highest BCUT2D eigenvalue weighted by atomic mass is 19.4. The number of nitrogens with one attached hydrogen (secondary N) is 1. The van der Waals surface area contributed by atoms with Gasteiger partial charge in [0.15, 0.2) is 0 Å². The molecule has 0 saturated carbocycles. The number of rotatable bonds is 6. The maximum absolute atomic E-state index is 12.4. The Kier molecular flexibility index (Phi) is 6.47. The number of carbonyl (C=O) groups excluding carboxylic acids is 2. The third-order valence-electron chi connectivity index (χ3n) is 2.30. The summed E-state index contributed by atoms with van der Waals surface area (Å²) < 4.78 is 37.1. The first kappa shape index (κ1) is 18.2. The average Bonchev–Trinajstić information content (AvgIpc) is 2.20. The normalized spacial score (nSPS) is 12.9. The van der Waals surface area contributed by atoms with Crippen LogP contribution in [0.15, 0.2) is 0 Å². The molecule has 0 fully saturated rings. The van der Waals surface area contributed by atoms with Gasteiger partial charge in [-0.25, -0.2) is 0 Å². The van der Waals surface area contributed by atoms with Gasteiger partial charge in [0.2, 0.25) is 11.8 Å². The van der Waals surface area contributed by atoms with E-state index in [1.807, 2.05) is 0 Å². The van der Waals surface area contributed by atoms with Gasteiger partial charge in [0.1, 0.15) is 19.1 Å². The topological polar surface area (TPSA) is 86.7 Å². The molecule has 0 spiro atoms. The predicted molar refractivity (Wildman–Crippen MR) is 62.7 cm³/mol. The Morgan fingerprint density at radius 3 is 2.05 bits per heavy atom. The van der Waals surface area contributed by atoms with Crippen molar-refractivity contribution in [2.24, 2.45) is 5.92 Å². The molecule has 0 aliphatic rings. The van der Waals surface area contributed by atoms with Crippen LogP contribution >= 0.6 is 0 Å². The summed E-state index contributed by atoms with van der Waals surface area (Å²) in [5, 5.41) is 10.8. The van der Waals surface area contributed by atoms with Crippen LogP contribution in [0.25, 0.3) is 0 Å². The van der Waals surface area contributed by atoms with Gasteiger partial charge in [0, 0.05) is 6.92 Å². The fourth-order valence-electron chi connectivity index (χ4n) is 1.52. The number of hydrogen-bond donors (Lipinski definition) is 2. The minimum Gasteiger partial charge on any atom is -0.480 e. The van der Waals surface area contributed by atoms with E-state index < -0.39 is 49.0 Å². The Balaban J connectivity index is 5.15. The van der Waals surface area contributed by atoms with Gasteiger partial charge < -0.3 is 15.3 Å². The number of amides is 2. The number of halogens is 3. The third kappa shape index (κ3) is 6.95. The van der Waals surface area contributed by atoms with Crippen molar-refractivity contribution < 1.29 is 32.7 Å². The second-order valence-electron chi connectivity index (χ2n) is 4.63. The third-order valence-corrected chi connectivity index (χ3v) is 2.30. The molecule has 20 heavy (non-hydrogen) atoms. The number of carbonyl (C=O) groups is 3. The van der Waals surface area contributed by atoms with Crippen molar-refractivity contribution in [3.63, 3.8) is 0 Å². The first-order valence-electron chi connectivity index (χ1n) is 5.78. The summed E-state index contributed by atoms with van der Waals surface area (Å²) in [5.74, 6) is -3.70. The lowest BCUT2D eigenvalue weighted by atomic mass is 10.0. The first-order valence-corrected chi connectivity index (χ1v) is 5.78. The standard InChI is InChI=1S/C11H17F3N2O4/c1-6(2)9(15-7(3)17)10(20)16(4-8(18)19)5-11(12,13)14/h6,9H,4-5H2,1-3H3,(H,15,17)(H,18,19). The predicted octanol–water partition coefficient (Wildman–Crippen LogP) is 0.623.